The number of carbonyl (C=O) groups is 3. The third kappa shape index (κ3) is 3.51. The minimum atomic E-state index is -0.214. The number of nitrogens with zero attached hydrogens (tertiary/aromatic N) is 1. The standard InChI is InChI=1S/C19H18N2O3/c22-17-10-11-18(23)21(17)13-12-20-19(24)16-8-6-15(7-9-16)14-4-2-1-3-5-14/h1-9H,10-13H2,(H,20,24). The summed E-state index contributed by atoms with van der Waals surface area (Å²) in [5, 5.41) is 2.74. The van der Waals surface area contributed by atoms with E-state index in [-0.39, 0.29) is 43.7 Å². The second kappa shape index (κ2) is 7.08. The third-order valence-corrected chi connectivity index (χ3v) is 4.03. The molecule has 0 aromatic heterocycles. The van der Waals surface area contributed by atoms with E-state index >= 15 is 0 Å². The van der Waals surface area contributed by atoms with Crippen LogP contribution in [-0.2, 0) is 9.59 Å². The molecule has 0 unspecified atom stereocenters. The monoisotopic (exact) mass is 322 g/mol. The van der Waals surface area contributed by atoms with Crippen molar-refractivity contribution in [3.05, 3.63) is 60.2 Å². The second-order valence-electron chi connectivity index (χ2n) is 5.64. The Morgan fingerprint density at radius 2 is 1.46 bits per heavy atom. The first-order valence-electron chi connectivity index (χ1n) is 7.92. The molecule has 0 aliphatic carbocycles. The smallest absolute Gasteiger partial charge is 0.251 e. The van der Waals surface area contributed by atoms with E-state index in [9.17, 15) is 14.4 Å². The molecule has 3 amide bonds. The Kier molecular flexibility index (Phi) is 4.70. The van der Waals surface area contributed by atoms with Crippen LogP contribution in [0, 0.1) is 0 Å². The number of hydrogen-bond donors (Lipinski definition) is 1. The minimum absolute atomic E-state index is 0.165. The van der Waals surface area contributed by atoms with Gasteiger partial charge in [0.05, 0.1) is 0 Å². The number of rotatable bonds is 5. The van der Waals surface area contributed by atoms with Gasteiger partial charge in [-0.3, -0.25) is 19.3 Å². The van der Waals surface area contributed by atoms with Crippen LogP contribution in [-0.4, -0.2) is 35.7 Å². The van der Waals surface area contributed by atoms with Crippen LogP contribution in [0.15, 0.2) is 54.6 Å². The molecule has 5 nitrogen and oxygen atoms in total. The molecule has 0 bridgehead atoms. The average Bonchev–Trinajstić information content (AvgIpc) is 2.94. The van der Waals surface area contributed by atoms with Gasteiger partial charge in [-0.25, -0.2) is 0 Å². The number of nitrogens with one attached hydrogen (secondary N) is 1. The van der Waals surface area contributed by atoms with Gasteiger partial charge in [0.25, 0.3) is 5.91 Å². The van der Waals surface area contributed by atoms with Crippen molar-refractivity contribution >= 4 is 17.7 Å². The first-order valence-corrected chi connectivity index (χ1v) is 7.92. The van der Waals surface area contributed by atoms with Crippen molar-refractivity contribution in [3.63, 3.8) is 0 Å². The van der Waals surface area contributed by atoms with Crippen LogP contribution in [0.1, 0.15) is 23.2 Å². The molecule has 24 heavy (non-hydrogen) atoms. The number of amides is 3. The minimum Gasteiger partial charge on any atom is -0.350 e. The summed E-state index contributed by atoms with van der Waals surface area (Å²) in [5.41, 5.74) is 2.68. The van der Waals surface area contributed by atoms with Crippen LogP contribution >= 0.6 is 0 Å². The van der Waals surface area contributed by atoms with Crippen LogP contribution in [0.2, 0.25) is 0 Å². The Hall–Kier alpha value is -2.95. The van der Waals surface area contributed by atoms with Gasteiger partial charge < -0.3 is 5.32 Å². The van der Waals surface area contributed by atoms with Crippen molar-refractivity contribution in [3.8, 4) is 11.1 Å². The molecule has 0 atom stereocenters. The molecule has 1 heterocycles. The predicted molar refractivity (Wildman–Crippen MR) is 90.2 cm³/mol. The van der Waals surface area contributed by atoms with E-state index in [1.54, 1.807) is 12.1 Å². The van der Waals surface area contributed by atoms with E-state index in [0.29, 0.717) is 5.56 Å². The predicted octanol–water partition coefficient (Wildman–Crippen LogP) is 2.23. The SMILES string of the molecule is O=C(NCCN1C(=O)CCC1=O)c1ccc(-c2ccccc2)cc1. The van der Waals surface area contributed by atoms with Gasteiger partial charge in [-0.05, 0) is 23.3 Å². The Morgan fingerprint density at radius 1 is 0.875 bits per heavy atom. The topological polar surface area (TPSA) is 66.5 Å². The highest BCUT2D eigenvalue weighted by atomic mass is 16.2. The molecule has 1 aliphatic heterocycles. The molecule has 3 rings (SSSR count). The van der Waals surface area contributed by atoms with E-state index in [0.717, 1.165) is 11.1 Å². The van der Waals surface area contributed by atoms with E-state index < -0.39 is 0 Å². The fourth-order valence-electron chi connectivity index (χ4n) is 2.70. The molecule has 0 saturated carbocycles. The Morgan fingerprint density at radius 3 is 2.08 bits per heavy atom. The van der Waals surface area contributed by atoms with E-state index in [1.165, 1.54) is 4.90 Å². The fraction of sp³-hybridized carbons (Fsp3) is 0.211. The van der Waals surface area contributed by atoms with Gasteiger partial charge in [-0.15, -0.1) is 0 Å². The number of likely N-dealkylation sites (tertiary alicyclic amines) is 1. The maximum absolute atomic E-state index is 12.1. The van der Waals surface area contributed by atoms with Crippen LogP contribution < -0.4 is 5.32 Å². The summed E-state index contributed by atoms with van der Waals surface area (Å²) < 4.78 is 0. The molecule has 1 N–H and O–H groups in total. The van der Waals surface area contributed by atoms with Gasteiger partial charge in [0.15, 0.2) is 0 Å². The first kappa shape index (κ1) is 15.9. The van der Waals surface area contributed by atoms with Crippen molar-refractivity contribution < 1.29 is 14.4 Å². The number of benzene rings is 2. The summed E-state index contributed by atoms with van der Waals surface area (Å²) >= 11 is 0. The summed E-state index contributed by atoms with van der Waals surface area (Å²) in [5.74, 6) is -0.545. The van der Waals surface area contributed by atoms with Crippen molar-refractivity contribution in [1.29, 1.82) is 0 Å². The van der Waals surface area contributed by atoms with Crippen molar-refractivity contribution in [2.75, 3.05) is 13.1 Å². The zero-order valence-corrected chi connectivity index (χ0v) is 13.2. The Balaban J connectivity index is 1.56. The molecule has 1 aliphatic rings. The zero-order valence-electron chi connectivity index (χ0n) is 13.2. The summed E-state index contributed by atoms with van der Waals surface area (Å²) in [6.45, 7) is 0.488. The second-order valence-corrected chi connectivity index (χ2v) is 5.64. The highest BCUT2D eigenvalue weighted by molar-refractivity contribution is 6.02. The first-order chi connectivity index (χ1) is 11.6. The quantitative estimate of drug-likeness (QED) is 0.859. The summed E-state index contributed by atoms with van der Waals surface area (Å²) in [4.78, 5) is 36.3. The molecule has 2 aromatic carbocycles. The summed E-state index contributed by atoms with van der Waals surface area (Å²) in [6, 6.07) is 17.3. The maximum Gasteiger partial charge on any atom is 0.251 e. The molecule has 5 heteroatoms. The molecule has 0 spiro atoms. The third-order valence-electron chi connectivity index (χ3n) is 4.03. The summed E-state index contributed by atoms with van der Waals surface area (Å²) in [6.07, 6.45) is 0.543. The maximum atomic E-state index is 12.1. The van der Waals surface area contributed by atoms with Crippen molar-refractivity contribution in [2.45, 2.75) is 12.8 Å². The number of hydrogen-bond acceptors (Lipinski definition) is 3. The average molecular weight is 322 g/mol. The van der Waals surface area contributed by atoms with Crippen molar-refractivity contribution in [1.82, 2.24) is 10.2 Å². The molecular weight excluding hydrogens is 304 g/mol. The van der Waals surface area contributed by atoms with E-state index in [2.05, 4.69) is 5.32 Å². The molecule has 122 valence electrons. The highest BCUT2D eigenvalue weighted by Crippen LogP contribution is 2.19. The van der Waals surface area contributed by atoms with Gasteiger partial charge in [0.1, 0.15) is 0 Å². The van der Waals surface area contributed by atoms with Gasteiger partial charge in [0, 0.05) is 31.5 Å². The molecule has 0 radical (unpaired) electrons. The van der Waals surface area contributed by atoms with Gasteiger partial charge >= 0.3 is 0 Å². The lowest BCUT2D eigenvalue weighted by Crippen LogP contribution is -2.37. The molecule has 1 saturated heterocycles. The Bertz CT molecular complexity index is 738. The largest absolute Gasteiger partial charge is 0.350 e. The molecule has 1 fully saturated rings. The van der Waals surface area contributed by atoms with E-state index in [1.807, 2.05) is 42.5 Å². The zero-order chi connectivity index (χ0) is 16.9. The highest BCUT2D eigenvalue weighted by Gasteiger charge is 2.28. The van der Waals surface area contributed by atoms with E-state index in [4.69, 9.17) is 0 Å². The lowest BCUT2D eigenvalue weighted by molar-refractivity contribution is -0.138. The van der Waals surface area contributed by atoms with Crippen LogP contribution in [0.3, 0.4) is 0 Å². The Labute approximate surface area is 140 Å². The molecular formula is C19H18N2O3. The van der Waals surface area contributed by atoms with Gasteiger partial charge in [-0.2, -0.15) is 0 Å². The van der Waals surface area contributed by atoms with Gasteiger partial charge in [0.2, 0.25) is 11.8 Å². The van der Waals surface area contributed by atoms with Crippen LogP contribution in [0.5, 0.6) is 0 Å². The molecule has 2 aromatic rings. The fourth-order valence-corrected chi connectivity index (χ4v) is 2.70. The van der Waals surface area contributed by atoms with Crippen molar-refractivity contribution in [2.24, 2.45) is 0 Å². The number of imide groups is 1. The van der Waals surface area contributed by atoms with Crippen LogP contribution in [0.4, 0.5) is 0 Å². The van der Waals surface area contributed by atoms with Gasteiger partial charge in [-0.1, -0.05) is 42.5 Å². The lowest BCUT2D eigenvalue weighted by atomic mass is 10.0. The normalized spacial score (nSPS) is 14.1. The lowest BCUT2D eigenvalue weighted by Gasteiger charge is -2.14. The number of carbonyl (C=O) groups excluding carboxylic acids is 3. The summed E-state index contributed by atoms with van der Waals surface area (Å²) in [7, 11) is 0. The van der Waals surface area contributed by atoms with Crippen LogP contribution in [0.25, 0.3) is 11.1 Å².